The predicted octanol–water partition coefficient (Wildman–Crippen LogP) is 2.63. The Morgan fingerprint density at radius 3 is 2.79 bits per heavy atom. The molecule has 1 amide bonds. The van der Waals surface area contributed by atoms with Gasteiger partial charge in [-0.05, 0) is 38.1 Å². The topological polar surface area (TPSA) is 58.6 Å². The van der Waals surface area contributed by atoms with Gasteiger partial charge in [-0.1, -0.05) is 17.4 Å². The molecule has 0 radical (unpaired) electrons. The minimum atomic E-state index is -0.331. The summed E-state index contributed by atoms with van der Waals surface area (Å²) in [5.41, 5.74) is 0.502. The van der Waals surface area contributed by atoms with E-state index in [9.17, 15) is 4.79 Å². The number of thiazole rings is 1. The smallest absolute Gasteiger partial charge is 0.415 e. The van der Waals surface area contributed by atoms with Gasteiger partial charge in [0.2, 0.25) is 0 Å². The van der Waals surface area contributed by atoms with Gasteiger partial charge < -0.3 is 4.74 Å². The molecule has 0 aliphatic carbocycles. The Hall–Kier alpha value is -1.99. The number of amides is 1. The number of nitrogens with zero attached hydrogens (tertiary/aromatic N) is 4. The van der Waals surface area contributed by atoms with Gasteiger partial charge in [0.05, 0.1) is 18.4 Å². The van der Waals surface area contributed by atoms with Crippen molar-refractivity contribution in [2.45, 2.75) is 18.4 Å². The molecule has 2 bridgehead atoms. The number of hydrogen-bond donors (Lipinski definition) is 0. The number of hydrogen-bond acceptors (Lipinski definition) is 6. The van der Waals surface area contributed by atoms with Crippen molar-refractivity contribution in [2.75, 3.05) is 31.1 Å². The highest BCUT2D eigenvalue weighted by atomic mass is 32.1. The van der Waals surface area contributed by atoms with Gasteiger partial charge in [0.25, 0.3) is 0 Å². The second-order valence-electron chi connectivity index (χ2n) is 6.79. The van der Waals surface area contributed by atoms with Crippen LogP contribution in [0.15, 0.2) is 30.6 Å². The minimum absolute atomic E-state index is 0.236. The largest absolute Gasteiger partial charge is 0.439 e. The van der Waals surface area contributed by atoms with Crippen molar-refractivity contribution in [3.63, 3.8) is 0 Å². The van der Waals surface area contributed by atoms with Crippen molar-refractivity contribution in [3.8, 4) is 10.7 Å². The number of rotatable bonds is 2. The van der Waals surface area contributed by atoms with Gasteiger partial charge in [-0.2, -0.15) is 0 Å². The van der Waals surface area contributed by atoms with Crippen molar-refractivity contribution in [1.82, 2.24) is 14.9 Å². The Balaban J connectivity index is 1.42. The van der Waals surface area contributed by atoms with Crippen LogP contribution in [-0.4, -0.2) is 52.7 Å². The second kappa shape index (κ2) is 5.26. The molecule has 6 nitrogen and oxygen atoms in total. The van der Waals surface area contributed by atoms with Crippen LogP contribution in [0.3, 0.4) is 0 Å². The van der Waals surface area contributed by atoms with Gasteiger partial charge >= 0.3 is 6.09 Å². The molecule has 7 heteroatoms. The molecule has 2 aromatic rings. The van der Waals surface area contributed by atoms with Crippen molar-refractivity contribution in [2.24, 2.45) is 5.92 Å². The lowest BCUT2D eigenvalue weighted by atomic mass is 9.75. The molecule has 24 heavy (non-hydrogen) atoms. The van der Waals surface area contributed by atoms with E-state index in [-0.39, 0.29) is 11.7 Å². The molecule has 6 rings (SSSR count). The maximum absolute atomic E-state index is 12.5. The minimum Gasteiger partial charge on any atom is -0.439 e. The number of piperidine rings is 3. The van der Waals surface area contributed by atoms with E-state index in [4.69, 9.17) is 4.74 Å². The fourth-order valence-corrected chi connectivity index (χ4v) is 5.06. The number of carbonyl (C=O) groups excluding carboxylic acids is 1. The molecule has 2 aromatic heterocycles. The molecule has 4 aliphatic heterocycles. The summed E-state index contributed by atoms with van der Waals surface area (Å²) < 4.78 is 5.91. The van der Waals surface area contributed by atoms with Crippen LogP contribution in [0.2, 0.25) is 0 Å². The van der Waals surface area contributed by atoms with Crippen molar-refractivity contribution >= 4 is 22.4 Å². The monoisotopic (exact) mass is 342 g/mol. The Labute approximate surface area is 144 Å². The zero-order valence-electron chi connectivity index (χ0n) is 13.2. The van der Waals surface area contributed by atoms with Crippen molar-refractivity contribution < 1.29 is 9.53 Å². The lowest BCUT2D eigenvalue weighted by molar-refractivity contribution is -0.0881. The van der Waals surface area contributed by atoms with Crippen LogP contribution in [0, 0.1) is 5.92 Å². The normalized spacial score (nSPS) is 31.7. The van der Waals surface area contributed by atoms with E-state index in [2.05, 4.69) is 14.9 Å². The fraction of sp³-hybridized carbons (Fsp3) is 0.471. The predicted molar refractivity (Wildman–Crippen MR) is 91.1 cm³/mol. The molecule has 4 aliphatic rings. The Morgan fingerprint density at radius 1 is 1.21 bits per heavy atom. The van der Waals surface area contributed by atoms with Crippen LogP contribution in [-0.2, 0) is 4.74 Å². The van der Waals surface area contributed by atoms with Crippen molar-refractivity contribution in [3.05, 3.63) is 30.6 Å². The lowest BCUT2D eigenvalue weighted by Crippen LogP contribution is -2.61. The molecule has 1 spiro atoms. The molecule has 6 heterocycles. The van der Waals surface area contributed by atoms with Crippen LogP contribution >= 0.6 is 11.3 Å². The first-order valence-corrected chi connectivity index (χ1v) is 9.15. The second-order valence-corrected chi connectivity index (χ2v) is 7.80. The first-order chi connectivity index (χ1) is 11.7. The lowest BCUT2D eigenvalue weighted by Gasteiger charge is -2.49. The third kappa shape index (κ3) is 2.15. The summed E-state index contributed by atoms with van der Waals surface area (Å²) in [4.78, 5) is 25.5. The van der Waals surface area contributed by atoms with Gasteiger partial charge in [-0.3, -0.25) is 14.8 Å². The van der Waals surface area contributed by atoms with E-state index in [1.165, 1.54) is 11.3 Å². The molecule has 1 unspecified atom stereocenters. The van der Waals surface area contributed by atoms with E-state index in [1.807, 2.05) is 18.2 Å². The summed E-state index contributed by atoms with van der Waals surface area (Å²) >= 11 is 1.49. The van der Waals surface area contributed by atoms with Gasteiger partial charge in [0, 0.05) is 18.7 Å². The number of carbonyl (C=O) groups is 1. The maximum Gasteiger partial charge on any atom is 0.415 e. The number of ether oxygens (including phenoxy) is 1. The zero-order valence-corrected chi connectivity index (χ0v) is 14.0. The fourth-order valence-electron chi connectivity index (χ4n) is 4.18. The van der Waals surface area contributed by atoms with Gasteiger partial charge in [0.15, 0.2) is 0 Å². The Kier molecular flexibility index (Phi) is 3.14. The first-order valence-electron chi connectivity index (χ1n) is 8.34. The average molecular weight is 342 g/mol. The van der Waals surface area contributed by atoms with Gasteiger partial charge in [-0.25, -0.2) is 9.78 Å². The molecular formula is C17H18N4O2S. The highest BCUT2D eigenvalue weighted by Crippen LogP contribution is 2.44. The highest BCUT2D eigenvalue weighted by Gasteiger charge is 2.55. The van der Waals surface area contributed by atoms with E-state index in [0.29, 0.717) is 12.5 Å². The molecule has 4 fully saturated rings. The van der Waals surface area contributed by atoms with E-state index in [0.717, 1.165) is 48.2 Å². The van der Waals surface area contributed by atoms with Crippen LogP contribution in [0.1, 0.15) is 12.8 Å². The summed E-state index contributed by atoms with van der Waals surface area (Å²) in [7, 11) is 0. The third-order valence-corrected chi connectivity index (χ3v) is 6.45. The van der Waals surface area contributed by atoms with Crippen LogP contribution in [0.4, 0.5) is 9.80 Å². The summed E-state index contributed by atoms with van der Waals surface area (Å²) in [6, 6.07) is 5.75. The summed E-state index contributed by atoms with van der Waals surface area (Å²) in [5.74, 6) is 0.486. The molecule has 0 saturated carbocycles. The molecular weight excluding hydrogens is 324 g/mol. The summed E-state index contributed by atoms with van der Waals surface area (Å²) in [5, 5.41) is 1.67. The zero-order chi connectivity index (χ0) is 16.1. The van der Waals surface area contributed by atoms with Crippen LogP contribution < -0.4 is 4.90 Å². The molecule has 124 valence electrons. The first kappa shape index (κ1) is 14.4. The van der Waals surface area contributed by atoms with E-state index in [1.54, 1.807) is 17.3 Å². The van der Waals surface area contributed by atoms with E-state index < -0.39 is 0 Å². The van der Waals surface area contributed by atoms with Gasteiger partial charge in [-0.15, -0.1) is 0 Å². The van der Waals surface area contributed by atoms with Crippen LogP contribution in [0.25, 0.3) is 10.7 Å². The van der Waals surface area contributed by atoms with Crippen molar-refractivity contribution in [1.29, 1.82) is 0 Å². The Bertz CT molecular complexity index is 772. The van der Waals surface area contributed by atoms with Crippen LogP contribution in [0.5, 0.6) is 0 Å². The molecule has 1 atom stereocenters. The average Bonchev–Trinajstić information content (AvgIpc) is 3.22. The quantitative estimate of drug-likeness (QED) is 0.840. The third-order valence-electron chi connectivity index (χ3n) is 5.40. The SMILES string of the molecule is O=C1OC2(CN3CCC2CC3)CN1c1cnc(-c2ccccn2)s1. The number of anilines is 1. The standard InChI is InChI=1S/C17H18N4O2S/c22-16-21(11-17(23-16)10-20-7-4-12(17)5-8-20)14-9-19-15(24-14)13-3-1-2-6-18-13/h1-3,6,9,12H,4-5,7-8,10-11H2. The number of fused-ring (bicyclic) bond motifs is 2. The Morgan fingerprint density at radius 2 is 2.08 bits per heavy atom. The van der Waals surface area contributed by atoms with Gasteiger partial charge in [0.1, 0.15) is 15.6 Å². The molecule has 0 aromatic carbocycles. The van der Waals surface area contributed by atoms with E-state index >= 15 is 0 Å². The summed E-state index contributed by atoms with van der Waals surface area (Å²) in [6.45, 7) is 3.77. The highest BCUT2D eigenvalue weighted by molar-refractivity contribution is 7.19. The number of aromatic nitrogens is 2. The summed E-state index contributed by atoms with van der Waals surface area (Å²) in [6.07, 6.45) is 5.53. The number of pyridine rings is 1. The maximum atomic E-state index is 12.5. The molecule has 4 saturated heterocycles. The molecule has 0 N–H and O–H groups in total.